The first-order valence-electron chi connectivity index (χ1n) is 22.5. The van der Waals surface area contributed by atoms with Crippen LogP contribution < -0.4 is 5.32 Å². The molecule has 2 N–H and O–H groups in total. The zero-order valence-electron chi connectivity index (χ0n) is 39.1. The van der Waals surface area contributed by atoms with Crippen molar-refractivity contribution in [3.8, 4) is 22.5 Å². The van der Waals surface area contributed by atoms with Crippen molar-refractivity contribution in [3.05, 3.63) is 117 Å². The van der Waals surface area contributed by atoms with E-state index in [-0.39, 0.29) is 63.3 Å². The molecule has 1 aliphatic heterocycles. The van der Waals surface area contributed by atoms with Crippen LogP contribution in [-0.4, -0.2) is 123 Å². The lowest BCUT2D eigenvalue weighted by molar-refractivity contribution is -0.144. The number of aryl methyl sites for hydroxylation is 1. The molecule has 0 saturated carbocycles. The van der Waals surface area contributed by atoms with Crippen LogP contribution in [0.25, 0.3) is 22.5 Å². The fraction of sp³-hybridized carbons (Fsp3) is 0.396. The van der Waals surface area contributed by atoms with Gasteiger partial charge in [-0.05, 0) is 53.8 Å². The maximum absolute atomic E-state index is 13.4. The summed E-state index contributed by atoms with van der Waals surface area (Å²) in [5.41, 5.74) is 5.42. The number of carbonyl (C=O) groups is 4. The number of alkyl carbamates (subject to hydrolysis) is 1. The van der Waals surface area contributed by atoms with E-state index in [2.05, 4.69) is 37.6 Å². The van der Waals surface area contributed by atoms with Gasteiger partial charge in [0.1, 0.15) is 25.0 Å². The Kier molecular flexibility index (Phi) is 20.7. The molecule has 372 valence electrons. The summed E-state index contributed by atoms with van der Waals surface area (Å²) in [4.78, 5) is 61.4. The Labute approximate surface area is 423 Å². The number of hydrogen-bond donors (Lipinski definition) is 2. The molecule has 0 aliphatic carbocycles. The van der Waals surface area contributed by atoms with Crippen LogP contribution in [0.15, 0.2) is 89.1 Å². The highest BCUT2D eigenvalue weighted by molar-refractivity contribution is 8.76. The zero-order valence-corrected chi connectivity index (χ0v) is 42.2. The molecule has 0 saturated heterocycles. The quantitative estimate of drug-likeness (QED) is 0.0257. The molecule has 2 unspecified atom stereocenters. The van der Waals surface area contributed by atoms with Gasteiger partial charge in [0, 0.05) is 53.2 Å². The number of ether oxygens (including phenoxy) is 5. The third kappa shape index (κ3) is 14.0. The van der Waals surface area contributed by atoms with Gasteiger partial charge < -0.3 is 38.7 Å². The number of benzene rings is 3. The first-order valence-corrected chi connectivity index (χ1v) is 25.7. The number of halogens is 2. The van der Waals surface area contributed by atoms with Crippen LogP contribution in [0.4, 0.5) is 9.59 Å². The molecule has 3 heterocycles. The highest BCUT2D eigenvalue weighted by Crippen LogP contribution is 2.43. The molecule has 18 nitrogen and oxygen atoms in total. The van der Waals surface area contributed by atoms with Crippen LogP contribution in [0.2, 0.25) is 10.2 Å². The van der Waals surface area contributed by atoms with Gasteiger partial charge in [-0.15, -0.1) is 10.2 Å². The maximum Gasteiger partial charge on any atom is 0.453 e. The van der Waals surface area contributed by atoms with Crippen molar-refractivity contribution in [2.24, 2.45) is 10.9 Å². The van der Waals surface area contributed by atoms with Crippen LogP contribution in [0, 0.1) is 5.92 Å². The van der Waals surface area contributed by atoms with E-state index in [9.17, 15) is 24.3 Å². The number of hydrogen-bond acceptors (Lipinski definition) is 17. The summed E-state index contributed by atoms with van der Waals surface area (Å²) in [5, 5.41) is 25.7. The highest BCUT2D eigenvalue weighted by atomic mass is 35.5. The summed E-state index contributed by atoms with van der Waals surface area (Å²) >= 11 is 12.9. The lowest BCUT2D eigenvalue weighted by Crippen LogP contribution is -2.37. The van der Waals surface area contributed by atoms with E-state index in [0.29, 0.717) is 50.8 Å². The van der Waals surface area contributed by atoms with E-state index >= 15 is 0 Å². The van der Waals surface area contributed by atoms with Crippen molar-refractivity contribution in [1.29, 1.82) is 0 Å². The molecule has 0 radical (unpaired) electrons. The minimum atomic E-state index is -0.918. The zero-order chi connectivity index (χ0) is 50.0. The van der Waals surface area contributed by atoms with Crippen LogP contribution in [-0.2, 0) is 52.8 Å². The van der Waals surface area contributed by atoms with E-state index < -0.39 is 36.0 Å². The number of unbranched alkanes of at least 4 members (excludes halogenated alkanes) is 1. The van der Waals surface area contributed by atoms with Gasteiger partial charge in [0.2, 0.25) is 5.82 Å². The van der Waals surface area contributed by atoms with Crippen molar-refractivity contribution >= 4 is 74.6 Å². The van der Waals surface area contributed by atoms with E-state index in [1.165, 1.54) is 28.7 Å². The van der Waals surface area contributed by atoms with Crippen LogP contribution in [0.1, 0.15) is 62.2 Å². The molecule has 2 atom stereocenters. The lowest BCUT2D eigenvalue weighted by Gasteiger charge is -2.32. The fourth-order valence-corrected chi connectivity index (χ4v) is 9.78. The minimum absolute atomic E-state index is 0.0660. The van der Waals surface area contributed by atoms with Gasteiger partial charge in [0.15, 0.2) is 5.15 Å². The topological polar surface area (TPSA) is 220 Å². The second kappa shape index (κ2) is 27.0. The normalized spacial score (nSPS) is 14.5. The molecule has 70 heavy (non-hydrogen) atoms. The van der Waals surface area contributed by atoms with Crippen LogP contribution in [0.5, 0.6) is 0 Å². The van der Waals surface area contributed by atoms with Crippen molar-refractivity contribution in [2.75, 3.05) is 58.2 Å². The van der Waals surface area contributed by atoms with Crippen molar-refractivity contribution in [3.63, 3.8) is 0 Å². The Morgan fingerprint density at radius 1 is 0.886 bits per heavy atom. The highest BCUT2D eigenvalue weighted by Gasteiger charge is 2.43. The van der Waals surface area contributed by atoms with Gasteiger partial charge in [0.25, 0.3) is 0 Å². The number of imidazole rings is 1. The molecule has 5 aromatic rings. The second-order valence-corrected chi connectivity index (χ2v) is 18.9. The minimum Gasteiger partial charge on any atom is -0.468 e. The second-order valence-electron chi connectivity index (χ2n) is 15.5. The lowest BCUT2D eigenvalue weighted by atomic mass is 9.75. The number of esters is 2. The molecule has 1 amide bonds. The van der Waals surface area contributed by atoms with E-state index in [4.69, 9.17) is 46.9 Å². The molecule has 6 rings (SSSR count). The largest absolute Gasteiger partial charge is 0.468 e. The summed E-state index contributed by atoms with van der Waals surface area (Å²) in [6.07, 6.45) is 1.33. The number of aliphatic imine (C=N–C) groups is 1. The van der Waals surface area contributed by atoms with Gasteiger partial charge in [0.05, 0.1) is 50.5 Å². The molecular formula is C48H54Cl2N8O10S2. The van der Waals surface area contributed by atoms with Crippen molar-refractivity contribution < 1.29 is 48.0 Å². The molecule has 3 aromatic carbocycles. The van der Waals surface area contributed by atoms with E-state index in [0.717, 1.165) is 46.6 Å². The number of amides is 1. The number of tetrazole rings is 1. The number of aliphatic hydroxyl groups excluding tert-OH is 1. The Morgan fingerprint density at radius 2 is 1.60 bits per heavy atom. The molecule has 1 aliphatic rings. The Balaban J connectivity index is 0.899. The van der Waals surface area contributed by atoms with E-state index in [1.807, 2.05) is 53.1 Å². The van der Waals surface area contributed by atoms with E-state index in [1.54, 1.807) is 38.1 Å². The number of carbonyl (C=O) groups excluding carboxylic acids is 4. The van der Waals surface area contributed by atoms with Gasteiger partial charge in [-0.2, -0.15) is 0 Å². The Morgan fingerprint density at radius 3 is 2.30 bits per heavy atom. The predicted octanol–water partition coefficient (Wildman–Crippen LogP) is 8.37. The number of nitrogens with zero attached hydrogens (tertiary/aromatic N) is 7. The first kappa shape index (κ1) is 53.6. The number of methoxy groups -OCH3 is 1. The van der Waals surface area contributed by atoms with Crippen LogP contribution in [0.3, 0.4) is 0 Å². The average Bonchev–Trinajstić information content (AvgIpc) is 3.98. The van der Waals surface area contributed by atoms with Gasteiger partial charge in [-0.1, -0.05) is 130 Å². The van der Waals surface area contributed by atoms with Crippen molar-refractivity contribution in [1.82, 2.24) is 35.1 Å². The molecule has 0 fully saturated rings. The first-order chi connectivity index (χ1) is 34.0. The van der Waals surface area contributed by atoms with Crippen molar-refractivity contribution in [2.45, 2.75) is 59.1 Å². The monoisotopic (exact) mass is 1040 g/mol. The molecule has 0 bridgehead atoms. The number of aliphatic hydroxyl groups is 1. The predicted molar refractivity (Wildman–Crippen MR) is 268 cm³/mol. The Bertz CT molecular complexity index is 2660. The summed E-state index contributed by atoms with van der Waals surface area (Å²) < 4.78 is 28.9. The molecule has 22 heteroatoms. The standard InChI is InChI=1S/C48H54Cl2N8O10S2/c1-5-7-16-39-53-43(50)38(28-59)57(39)27-31-17-19-32(20-18-31)33-12-8-9-13-34(33)44-54-56-58(55-44)48(63)68-24-26-70-69-25-23-67-47(62)51-21-22-65-29-37-42(46(61)66-6-2)41(35-14-10-11-15-36(35)49)40(30(3)52-37)45(60)64-4/h8-15,17-20,40-41,59H,5-7,16,21-29H2,1-4H3,(H,51,62). The smallest absolute Gasteiger partial charge is 0.453 e. The van der Waals surface area contributed by atoms with Crippen LogP contribution >= 0.6 is 44.8 Å². The number of rotatable bonds is 24. The molecule has 0 spiro atoms. The molecular weight excluding hydrogens is 984 g/mol. The van der Waals surface area contributed by atoms with Gasteiger partial charge >= 0.3 is 24.1 Å². The summed E-state index contributed by atoms with van der Waals surface area (Å²) in [6.45, 7) is 6.14. The summed E-state index contributed by atoms with van der Waals surface area (Å²) in [5.74, 6) is -0.948. The third-order valence-corrected chi connectivity index (χ3v) is 13.9. The summed E-state index contributed by atoms with van der Waals surface area (Å²) in [6, 6.07) is 22.5. The number of nitrogens with one attached hydrogen (secondary N) is 1. The van der Waals surface area contributed by atoms with Gasteiger partial charge in [-0.25, -0.2) is 19.4 Å². The fourth-order valence-electron chi connectivity index (χ4n) is 7.61. The Hall–Kier alpha value is -5.77. The van der Waals surface area contributed by atoms with Gasteiger partial charge in [-0.3, -0.25) is 9.79 Å². The molecule has 2 aromatic heterocycles. The average molecular weight is 1040 g/mol. The third-order valence-electron chi connectivity index (χ3n) is 10.9. The number of aromatic nitrogens is 6. The summed E-state index contributed by atoms with van der Waals surface area (Å²) in [7, 11) is 4.14. The SMILES string of the molecule is CCCCc1nc(Cl)c(CO)n1Cc1ccc(-c2ccccc2-c2nnn(C(=O)OCCSSCCOC(=O)NCCOCC3=C(C(=O)OCC)C(c4ccccc4Cl)C(C(=O)OC)C(C)=N3)n2)cc1. The maximum atomic E-state index is 13.4.